The molecule has 0 spiro atoms. The first-order valence-electron chi connectivity index (χ1n) is 3.30. The molecule has 0 saturated carbocycles. The van der Waals surface area contributed by atoms with Crippen LogP contribution in [0.15, 0.2) is 12.2 Å². The Kier molecular flexibility index (Phi) is 2.13. The fraction of sp³-hybridized carbons (Fsp3) is 0.625. The van der Waals surface area contributed by atoms with Gasteiger partial charge in [-0.1, -0.05) is 12.2 Å². The predicted molar refractivity (Wildman–Crippen MR) is 35.4 cm³/mol. The molecule has 8 heavy (non-hydrogen) atoms. The van der Waals surface area contributed by atoms with Crippen LogP contribution in [0.3, 0.4) is 0 Å². The third-order valence-electron chi connectivity index (χ3n) is 1.66. The molecule has 2 radical (unpaired) electrons. The Labute approximate surface area is 51.6 Å². The Hall–Kier alpha value is -0.260. The van der Waals surface area contributed by atoms with Crippen molar-refractivity contribution in [2.75, 3.05) is 0 Å². The molecule has 0 saturated heterocycles. The van der Waals surface area contributed by atoms with Crippen LogP contribution in [0.2, 0.25) is 0 Å². The summed E-state index contributed by atoms with van der Waals surface area (Å²) in [7, 11) is 0. The lowest BCUT2D eigenvalue weighted by Crippen LogP contribution is -1.97. The van der Waals surface area contributed by atoms with E-state index in [-0.39, 0.29) is 0 Å². The molecule has 44 valence electrons. The smallest absolute Gasteiger partial charge is 0.0231 e. The van der Waals surface area contributed by atoms with Crippen LogP contribution in [0.4, 0.5) is 0 Å². The summed E-state index contributed by atoms with van der Waals surface area (Å²) in [5, 5.41) is 0. The maximum absolute atomic E-state index is 5.45. The fourth-order valence-corrected chi connectivity index (χ4v) is 1.08. The zero-order valence-electron chi connectivity index (χ0n) is 5.14. The summed E-state index contributed by atoms with van der Waals surface area (Å²) in [4.78, 5) is 0. The van der Waals surface area contributed by atoms with Gasteiger partial charge in [0.1, 0.15) is 0 Å². The Morgan fingerprint density at radius 1 is 1.62 bits per heavy atom. The Morgan fingerprint density at radius 3 is 2.88 bits per heavy atom. The second-order valence-corrected chi connectivity index (χ2v) is 2.35. The van der Waals surface area contributed by atoms with Gasteiger partial charge in [-0.05, 0) is 38.5 Å². The Bertz CT molecular complexity index is 82.0. The predicted octanol–water partition coefficient (Wildman–Crippen LogP) is 2.44. The van der Waals surface area contributed by atoms with Crippen molar-refractivity contribution in [1.82, 2.24) is 0 Å². The van der Waals surface area contributed by atoms with E-state index in [1.807, 2.05) is 0 Å². The SMILES string of the molecule is [CH]CC1C=CCCC1. The molecule has 0 bridgehead atoms. The van der Waals surface area contributed by atoms with Crippen molar-refractivity contribution >= 4 is 0 Å². The van der Waals surface area contributed by atoms with E-state index in [2.05, 4.69) is 12.2 Å². The third-order valence-corrected chi connectivity index (χ3v) is 1.66. The van der Waals surface area contributed by atoms with Gasteiger partial charge in [0.05, 0.1) is 0 Å². The molecule has 0 N–H and O–H groups in total. The van der Waals surface area contributed by atoms with Crippen molar-refractivity contribution in [3.8, 4) is 0 Å². The molecule has 0 aliphatic heterocycles. The van der Waals surface area contributed by atoms with Crippen molar-refractivity contribution in [3.05, 3.63) is 19.1 Å². The van der Waals surface area contributed by atoms with E-state index in [0.717, 1.165) is 6.42 Å². The largest absolute Gasteiger partial charge is 0.0883 e. The summed E-state index contributed by atoms with van der Waals surface area (Å²) in [5.41, 5.74) is 0. The van der Waals surface area contributed by atoms with Crippen LogP contribution >= 0.6 is 0 Å². The highest BCUT2D eigenvalue weighted by Gasteiger charge is 2.03. The Morgan fingerprint density at radius 2 is 2.50 bits per heavy atom. The summed E-state index contributed by atoms with van der Waals surface area (Å²) in [6.07, 6.45) is 9.20. The summed E-state index contributed by atoms with van der Waals surface area (Å²) in [6, 6.07) is 0. The first-order valence-corrected chi connectivity index (χ1v) is 3.30. The van der Waals surface area contributed by atoms with Crippen LogP contribution in [0.5, 0.6) is 0 Å². The number of hydrogen-bond donors (Lipinski definition) is 0. The topological polar surface area (TPSA) is 0 Å². The quantitative estimate of drug-likeness (QED) is 0.452. The molecule has 0 heterocycles. The van der Waals surface area contributed by atoms with Crippen molar-refractivity contribution < 1.29 is 0 Å². The molecule has 0 fully saturated rings. The highest BCUT2D eigenvalue weighted by molar-refractivity contribution is 4.92. The third kappa shape index (κ3) is 1.36. The van der Waals surface area contributed by atoms with Crippen LogP contribution in [0, 0.1) is 12.8 Å². The van der Waals surface area contributed by atoms with Gasteiger partial charge in [0.2, 0.25) is 0 Å². The molecule has 0 aromatic rings. The molecule has 0 amide bonds. The lowest BCUT2D eigenvalue weighted by molar-refractivity contribution is 0.546. The lowest BCUT2D eigenvalue weighted by Gasteiger charge is -2.12. The van der Waals surface area contributed by atoms with Crippen LogP contribution < -0.4 is 0 Å². The van der Waals surface area contributed by atoms with E-state index in [1.165, 1.54) is 19.3 Å². The lowest BCUT2D eigenvalue weighted by atomic mass is 9.94. The average molecular weight is 108 g/mol. The van der Waals surface area contributed by atoms with E-state index >= 15 is 0 Å². The molecule has 1 aliphatic carbocycles. The first kappa shape index (κ1) is 5.87. The van der Waals surface area contributed by atoms with Gasteiger partial charge < -0.3 is 0 Å². The summed E-state index contributed by atoms with van der Waals surface area (Å²) in [5.74, 6) is 0.684. The highest BCUT2D eigenvalue weighted by atomic mass is 14.1. The van der Waals surface area contributed by atoms with Crippen molar-refractivity contribution in [2.45, 2.75) is 25.7 Å². The van der Waals surface area contributed by atoms with Gasteiger partial charge in [0.15, 0.2) is 0 Å². The van der Waals surface area contributed by atoms with Gasteiger partial charge in [-0.25, -0.2) is 0 Å². The number of hydrogen-bond acceptors (Lipinski definition) is 0. The van der Waals surface area contributed by atoms with Crippen LogP contribution in [-0.2, 0) is 0 Å². The highest BCUT2D eigenvalue weighted by Crippen LogP contribution is 2.18. The van der Waals surface area contributed by atoms with Gasteiger partial charge in [-0.15, -0.1) is 0 Å². The molecule has 0 heteroatoms. The van der Waals surface area contributed by atoms with Gasteiger partial charge in [-0.2, -0.15) is 0 Å². The minimum absolute atomic E-state index is 0.684. The number of allylic oxidation sites excluding steroid dienone is 2. The van der Waals surface area contributed by atoms with Gasteiger partial charge >= 0.3 is 0 Å². The minimum atomic E-state index is 0.684. The molecule has 0 aromatic heterocycles. The monoisotopic (exact) mass is 108 g/mol. The second-order valence-electron chi connectivity index (χ2n) is 2.35. The van der Waals surface area contributed by atoms with E-state index in [9.17, 15) is 0 Å². The molecule has 1 unspecified atom stereocenters. The standard InChI is InChI=1S/C8H12/c1-2-8-6-4-3-5-7-8/h1,4,6,8H,2-3,5,7H2. The van der Waals surface area contributed by atoms with Gasteiger partial charge in [0.25, 0.3) is 0 Å². The maximum atomic E-state index is 5.45. The molecule has 1 atom stereocenters. The summed E-state index contributed by atoms with van der Waals surface area (Å²) < 4.78 is 0. The van der Waals surface area contributed by atoms with Gasteiger partial charge in [0, 0.05) is 0 Å². The Balaban J connectivity index is 2.32. The summed E-state index contributed by atoms with van der Waals surface area (Å²) in [6.45, 7) is 5.45. The zero-order chi connectivity index (χ0) is 5.82. The van der Waals surface area contributed by atoms with E-state index < -0.39 is 0 Å². The first-order chi connectivity index (χ1) is 3.93. The molecular formula is C8H12. The van der Waals surface area contributed by atoms with Gasteiger partial charge in [-0.3, -0.25) is 0 Å². The van der Waals surface area contributed by atoms with Crippen LogP contribution in [0.1, 0.15) is 25.7 Å². The molecule has 0 nitrogen and oxygen atoms in total. The average Bonchev–Trinajstić information content (AvgIpc) is 1.90. The maximum Gasteiger partial charge on any atom is -0.0231 e. The fourth-order valence-electron chi connectivity index (χ4n) is 1.08. The van der Waals surface area contributed by atoms with E-state index in [4.69, 9.17) is 6.92 Å². The number of rotatable bonds is 1. The normalized spacial score (nSPS) is 28.4. The van der Waals surface area contributed by atoms with Crippen molar-refractivity contribution in [1.29, 1.82) is 0 Å². The minimum Gasteiger partial charge on any atom is -0.0883 e. The molecule has 0 aromatic carbocycles. The van der Waals surface area contributed by atoms with Crippen molar-refractivity contribution in [3.63, 3.8) is 0 Å². The van der Waals surface area contributed by atoms with Crippen LogP contribution in [-0.4, -0.2) is 0 Å². The second kappa shape index (κ2) is 2.91. The molecule has 1 rings (SSSR count). The molecular weight excluding hydrogens is 96.1 g/mol. The molecule has 1 aliphatic rings. The van der Waals surface area contributed by atoms with Crippen molar-refractivity contribution in [2.24, 2.45) is 5.92 Å². The van der Waals surface area contributed by atoms with E-state index in [0.29, 0.717) is 5.92 Å². The summed E-state index contributed by atoms with van der Waals surface area (Å²) >= 11 is 0. The zero-order valence-corrected chi connectivity index (χ0v) is 5.14. The van der Waals surface area contributed by atoms with Crippen LogP contribution in [0.25, 0.3) is 0 Å². The van der Waals surface area contributed by atoms with E-state index in [1.54, 1.807) is 0 Å².